The molecule has 3 aromatic rings. The second kappa shape index (κ2) is 7.36. The first-order chi connectivity index (χ1) is 13.1. The van der Waals surface area contributed by atoms with Crippen LogP contribution in [0.2, 0.25) is 0 Å². The second-order valence-electron chi connectivity index (χ2n) is 6.42. The largest absolute Gasteiger partial charge is 0.440 e. The highest BCUT2D eigenvalue weighted by Gasteiger charge is 2.21. The number of benzene rings is 1. The lowest BCUT2D eigenvalue weighted by molar-refractivity contribution is -0.117. The Labute approximate surface area is 160 Å². The molecular formula is C20H19N3O3S. The van der Waals surface area contributed by atoms with Crippen LogP contribution in [0.1, 0.15) is 24.3 Å². The lowest BCUT2D eigenvalue weighted by Gasteiger charge is -2.16. The fourth-order valence-electron chi connectivity index (χ4n) is 3.10. The van der Waals surface area contributed by atoms with Crippen LogP contribution in [0.15, 0.2) is 46.2 Å². The minimum Gasteiger partial charge on any atom is -0.440 e. The van der Waals surface area contributed by atoms with Crippen LogP contribution in [-0.2, 0) is 16.0 Å². The van der Waals surface area contributed by atoms with Gasteiger partial charge in [-0.15, -0.1) is 11.3 Å². The summed E-state index contributed by atoms with van der Waals surface area (Å²) in [5.74, 6) is 1.19. The lowest BCUT2D eigenvalue weighted by atomic mass is 10.2. The number of amides is 2. The third-order valence-electron chi connectivity index (χ3n) is 4.49. The summed E-state index contributed by atoms with van der Waals surface area (Å²) in [7, 11) is 0. The normalized spacial score (nSPS) is 14.0. The van der Waals surface area contributed by atoms with Gasteiger partial charge in [0, 0.05) is 24.3 Å². The Bertz CT molecular complexity index is 961. The molecule has 0 aliphatic carbocycles. The van der Waals surface area contributed by atoms with Crippen LogP contribution in [0.5, 0.6) is 0 Å². The van der Waals surface area contributed by atoms with E-state index < -0.39 is 0 Å². The van der Waals surface area contributed by atoms with E-state index in [1.165, 1.54) is 0 Å². The van der Waals surface area contributed by atoms with Gasteiger partial charge >= 0.3 is 0 Å². The van der Waals surface area contributed by atoms with Crippen LogP contribution in [0.4, 0.5) is 11.4 Å². The fourth-order valence-corrected chi connectivity index (χ4v) is 3.75. The number of nitrogens with one attached hydrogen (secondary N) is 1. The van der Waals surface area contributed by atoms with Crippen molar-refractivity contribution in [3.05, 3.63) is 53.2 Å². The third-order valence-corrected chi connectivity index (χ3v) is 5.35. The summed E-state index contributed by atoms with van der Waals surface area (Å²) < 4.78 is 5.67. The van der Waals surface area contributed by atoms with Crippen LogP contribution in [0, 0.1) is 6.92 Å². The summed E-state index contributed by atoms with van der Waals surface area (Å²) >= 11 is 1.55. The molecule has 4 rings (SSSR count). The molecule has 0 spiro atoms. The molecule has 2 amide bonds. The van der Waals surface area contributed by atoms with Crippen LogP contribution < -0.4 is 10.2 Å². The van der Waals surface area contributed by atoms with Gasteiger partial charge in [-0.2, -0.15) is 0 Å². The smallest absolute Gasteiger partial charge is 0.236 e. The monoisotopic (exact) mass is 381 g/mol. The highest BCUT2D eigenvalue weighted by atomic mass is 32.1. The Balaban J connectivity index is 1.40. The van der Waals surface area contributed by atoms with Gasteiger partial charge in [0.1, 0.15) is 5.76 Å². The van der Waals surface area contributed by atoms with Crippen molar-refractivity contribution >= 4 is 34.5 Å². The van der Waals surface area contributed by atoms with Crippen molar-refractivity contribution in [1.82, 2.24) is 4.98 Å². The number of anilines is 2. The minimum atomic E-state index is -0.158. The summed E-state index contributed by atoms with van der Waals surface area (Å²) in [6.07, 6.45) is 1.64. The molecule has 1 fully saturated rings. The van der Waals surface area contributed by atoms with E-state index in [9.17, 15) is 9.59 Å². The lowest BCUT2D eigenvalue weighted by Crippen LogP contribution is -2.23. The Morgan fingerprint density at radius 1 is 1.30 bits per heavy atom. The van der Waals surface area contributed by atoms with Gasteiger partial charge in [-0.05, 0) is 49.1 Å². The molecule has 0 atom stereocenters. The molecule has 0 radical (unpaired) electrons. The van der Waals surface area contributed by atoms with Crippen molar-refractivity contribution < 1.29 is 14.0 Å². The second-order valence-corrected chi connectivity index (χ2v) is 7.37. The Morgan fingerprint density at radius 3 is 2.78 bits per heavy atom. The molecule has 1 N–H and O–H groups in total. The first-order valence-electron chi connectivity index (χ1n) is 8.80. The average molecular weight is 381 g/mol. The number of aryl methyl sites for hydroxylation is 1. The molecule has 1 saturated heterocycles. The van der Waals surface area contributed by atoms with Crippen molar-refractivity contribution in [3.63, 3.8) is 0 Å². The number of carbonyl (C=O) groups is 2. The predicted octanol–water partition coefficient (Wildman–Crippen LogP) is 4.02. The first kappa shape index (κ1) is 17.5. The number of hydrogen-bond donors (Lipinski definition) is 1. The van der Waals surface area contributed by atoms with E-state index >= 15 is 0 Å². The van der Waals surface area contributed by atoms with Gasteiger partial charge in [0.05, 0.1) is 17.0 Å². The number of carbonyl (C=O) groups excluding carboxylic acids is 2. The van der Waals surface area contributed by atoms with Crippen LogP contribution in [0.3, 0.4) is 0 Å². The van der Waals surface area contributed by atoms with E-state index in [0.29, 0.717) is 29.5 Å². The van der Waals surface area contributed by atoms with E-state index in [2.05, 4.69) is 10.3 Å². The Kier molecular flexibility index (Phi) is 4.77. The molecule has 1 aromatic carbocycles. The zero-order valence-electron chi connectivity index (χ0n) is 14.9. The van der Waals surface area contributed by atoms with Gasteiger partial charge in [0.2, 0.25) is 17.7 Å². The van der Waals surface area contributed by atoms with Crippen molar-refractivity contribution in [2.45, 2.75) is 26.2 Å². The van der Waals surface area contributed by atoms with Gasteiger partial charge in [0.25, 0.3) is 0 Å². The molecule has 0 saturated carbocycles. The minimum absolute atomic E-state index is 0.146. The van der Waals surface area contributed by atoms with Gasteiger partial charge in [-0.3, -0.25) is 9.59 Å². The van der Waals surface area contributed by atoms with E-state index in [1.54, 1.807) is 16.2 Å². The highest BCUT2D eigenvalue weighted by molar-refractivity contribution is 7.13. The van der Waals surface area contributed by atoms with Crippen LogP contribution in [-0.4, -0.2) is 23.3 Å². The Hall–Kier alpha value is -2.93. The summed E-state index contributed by atoms with van der Waals surface area (Å²) in [5, 5.41) is 4.83. The topological polar surface area (TPSA) is 75.4 Å². The Morgan fingerprint density at radius 2 is 2.11 bits per heavy atom. The number of hydrogen-bond acceptors (Lipinski definition) is 5. The summed E-state index contributed by atoms with van der Waals surface area (Å²) in [4.78, 5) is 31.3. The molecule has 1 aliphatic heterocycles. The van der Waals surface area contributed by atoms with E-state index in [1.807, 2.05) is 48.7 Å². The summed E-state index contributed by atoms with van der Waals surface area (Å²) in [6.45, 7) is 2.57. The van der Waals surface area contributed by atoms with Crippen LogP contribution in [0.25, 0.3) is 10.8 Å². The van der Waals surface area contributed by atoms with Gasteiger partial charge in [0.15, 0.2) is 0 Å². The third kappa shape index (κ3) is 3.78. The number of thiophene rings is 1. The molecule has 6 nitrogen and oxygen atoms in total. The maximum Gasteiger partial charge on any atom is 0.236 e. The number of nitrogens with zero attached hydrogens (tertiary/aromatic N) is 2. The molecule has 0 bridgehead atoms. The van der Waals surface area contributed by atoms with Gasteiger partial charge in [-0.1, -0.05) is 6.07 Å². The predicted molar refractivity (Wildman–Crippen MR) is 105 cm³/mol. The average Bonchev–Trinajstić information content (AvgIpc) is 3.38. The summed E-state index contributed by atoms with van der Waals surface area (Å²) in [5.41, 5.74) is 2.19. The molecule has 2 aromatic heterocycles. The molecule has 1 aliphatic rings. The van der Waals surface area contributed by atoms with Crippen molar-refractivity contribution in [3.8, 4) is 10.8 Å². The van der Waals surface area contributed by atoms with Crippen molar-refractivity contribution in [2.24, 2.45) is 0 Å². The van der Waals surface area contributed by atoms with Gasteiger partial charge < -0.3 is 14.6 Å². The molecule has 3 heterocycles. The SMILES string of the molecule is Cc1oc(-c2cccs2)nc1CC(=O)Nc1ccc(N2CCCC2=O)cc1. The zero-order valence-corrected chi connectivity index (χ0v) is 15.7. The van der Waals surface area contributed by atoms with E-state index in [4.69, 9.17) is 4.42 Å². The molecule has 27 heavy (non-hydrogen) atoms. The number of oxazole rings is 1. The van der Waals surface area contributed by atoms with E-state index in [0.717, 1.165) is 23.5 Å². The fraction of sp³-hybridized carbons (Fsp3) is 0.250. The maximum atomic E-state index is 12.4. The maximum absolute atomic E-state index is 12.4. The molecule has 0 unspecified atom stereocenters. The van der Waals surface area contributed by atoms with Crippen molar-refractivity contribution in [2.75, 3.05) is 16.8 Å². The highest BCUT2D eigenvalue weighted by Crippen LogP contribution is 2.26. The number of aromatic nitrogens is 1. The summed E-state index contributed by atoms with van der Waals surface area (Å²) in [6, 6.07) is 11.2. The van der Waals surface area contributed by atoms with Crippen LogP contribution >= 0.6 is 11.3 Å². The van der Waals surface area contributed by atoms with Gasteiger partial charge in [-0.25, -0.2) is 4.98 Å². The molecule has 138 valence electrons. The van der Waals surface area contributed by atoms with E-state index in [-0.39, 0.29) is 18.2 Å². The molecule has 7 heteroatoms. The van der Waals surface area contributed by atoms with Crippen molar-refractivity contribution in [1.29, 1.82) is 0 Å². The standard InChI is InChI=1S/C20H19N3O3S/c1-13-16(22-20(26-13)17-4-3-11-27-17)12-18(24)21-14-6-8-15(9-7-14)23-10-2-5-19(23)25/h3-4,6-9,11H,2,5,10,12H2,1H3,(H,21,24). The molecular weight excluding hydrogens is 362 g/mol. The number of rotatable bonds is 5. The quantitative estimate of drug-likeness (QED) is 0.724. The first-order valence-corrected chi connectivity index (χ1v) is 9.68. The zero-order chi connectivity index (χ0) is 18.8.